The number of methoxy groups -OCH3 is 1. The van der Waals surface area contributed by atoms with Crippen molar-refractivity contribution in [2.24, 2.45) is 0 Å². The van der Waals surface area contributed by atoms with Gasteiger partial charge in [-0.15, -0.1) is 0 Å². The summed E-state index contributed by atoms with van der Waals surface area (Å²) in [6.07, 6.45) is 0. The monoisotopic (exact) mass is 266 g/mol. The first kappa shape index (κ1) is 12.3. The summed E-state index contributed by atoms with van der Waals surface area (Å²) in [6, 6.07) is 15.3. The Labute approximate surface area is 116 Å². The van der Waals surface area contributed by atoms with Crippen molar-refractivity contribution in [2.75, 3.05) is 12.8 Å². The van der Waals surface area contributed by atoms with Crippen molar-refractivity contribution in [3.63, 3.8) is 0 Å². The lowest BCUT2D eigenvalue weighted by molar-refractivity contribution is 0.0603. The van der Waals surface area contributed by atoms with E-state index in [4.69, 9.17) is 10.5 Å². The fraction of sp³-hybridized carbons (Fsp3) is 0.0625. The van der Waals surface area contributed by atoms with Crippen LogP contribution >= 0.6 is 0 Å². The standard InChI is InChI=1S/C16H14N2O2/c1-20-16(19)13-7-11(17)8-15-12(13)9-14(18-15)10-5-3-2-4-6-10/h2-9,18H,17H2,1H3. The summed E-state index contributed by atoms with van der Waals surface area (Å²) in [7, 11) is 1.36. The number of nitrogen functional groups attached to an aromatic ring is 1. The molecule has 0 bridgehead atoms. The summed E-state index contributed by atoms with van der Waals surface area (Å²) >= 11 is 0. The van der Waals surface area contributed by atoms with Gasteiger partial charge in [0.2, 0.25) is 0 Å². The molecule has 4 nitrogen and oxygen atoms in total. The molecular weight excluding hydrogens is 252 g/mol. The van der Waals surface area contributed by atoms with E-state index in [1.165, 1.54) is 7.11 Å². The summed E-state index contributed by atoms with van der Waals surface area (Å²) in [5, 5.41) is 0.810. The number of hydrogen-bond acceptors (Lipinski definition) is 3. The Morgan fingerprint density at radius 1 is 1.15 bits per heavy atom. The van der Waals surface area contributed by atoms with E-state index in [-0.39, 0.29) is 5.97 Å². The van der Waals surface area contributed by atoms with Crippen LogP contribution in [0.4, 0.5) is 5.69 Å². The molecule has 0 radical (unpaired) electrons. The maximum atomic E-state index is 11.8. The second-order valence-electron chi connectivity index (χ2n) is 4.57. The molecule has 0 aliphatic heterocycles. The number of hydrogen-bond donors (Lipinski definition) is 2. The van der Waals surface area contributed by atoms with E-state index in [1.54, 1.807) is 6.07 Å². The third-order valence-electron chi connectivity index (χ3n) is 3.25. The average molecular weight is 266 g/mol. The SMILES string of the molecule is COC(=O)c1cc(N)cc2[nH]c(-c3ccccc3)cc12. The number of nitrogens with one attached hydrogen (secondary N) is 1. The number of aromatic nitrogens is 1. The van der Waals surface area contributed by atoms with Crippen LogP contribution in [0.25, 0.3) is 22.2 Å². The van der Waals surface area contributed by atoms with Crippen LogP contribution < -0.4 is 5.73 Å². The number of benzene rings is 2. The van der Waals surface area contributed by atoms with Crippen LogP contribution in [0.1, 0.15) is 10.4 Å². The number of anilines is 1. The van der Waals surface area contributed by atoms with Crippen molar-refractivity contribution in [2.45, 2.75) is 0 Å². The third kappa shape index (κ3) is 2.01. The quantitative estimate of drug-likeness (QED) is 0.553. The topological polar surface area (TPSA) is 68.1 Å². The Morgan fingerprint density at radius 3 is 2.60 bits per heavy atom. The molecule has 3 aromatic rings. The molecule has 0 atom stereocenters. The summed E-state index contributed by atoms with van der Waals surface area (Å²) in [5.41, 5.74) is 9.66. The maximum Gasteiger partial charge on any atom is 0.338 e. The van der Waals surface area contributed by atoms with E-state index in [2.05, 4.69) is 4.98 Å². The fourth-order valence-corrected chi connectivity index (χ4v) is 2.31. The van der Waals surface area contributed by atoms with Gasteiger partial charge in [-0.2, -0.15) is 0 Å². The molecule has 0 saturated heterocycles. The van der Waals surface area contributed by atoms with Crippen LogP contribution in [0.5, 0.6) is 0 Å². The van der Waals surface area contributed by atoms with Crippen molar-refractivity contribution in [1.82, 2.24) is 4.98 Å². The average Bonchev–Trinajstić information content (AvgIpc) is 2.90. The van der Waals surface area contributed by atoms with Gasteiger partial charge in [0.25, 0.3) is 0 Å². The summed E-state index contributed by atoms with van der Waals surface area (Å²) in [5.74, 6) is -0.388. The molecular formula is C16H14N2O2. The van der Waals surface area contributed by atoms with Gasteiger partial charge in [0.1, 0.15) is 0 Å². The zero-order chi connectivity index (χ0) is 14.1. The number of fused-ring (bicyclic) bond motifs is 1. The second kappa shape index (κ2) is 4.74. The number of aromatic amines is 1. The molecule has 0 unspecified atom stereocenters. The predicted octanol–water partition coefficient (Wildman–Crippen LogP) is 3.20. The van der Waals surface area contributed by atoms with Crippen molar-refractivity contribution >= 4 is 22.6 Å². The molecule has 0 aliphatic rings. The highest BCUT2D eigenvalue weighted by molar-refractivity contribution is 6.06. The highest BCUT2D eigenvalue weighted by Gasteiger charge is 2.14. The first-order chi connectivity index (χ1) is 9.69. The van der Waals surface area contributed by atoms with Crippen LogP contribution in [0.15, 0.2) is 48.5 Å². The molecule has 0 aliphatic carbocycles. The van der Waals surface area contributed by atoms with Gasteiger partial charge in [-0.25, -0.2) is 4.79 Å². The number of H-pyrrole nitrogens is 1. The Kier molecular flexibility index (Phi) is 2.91. The molecule has 1 aromatic heterocycles. The molecule has 3 rings (SSSR count). The minimum absolute atomic E-state index is 0.388. The van der Waals surface area contributed by atoms with E-state index >= 15 is 0 Å². The highest BCUT2D eigenvalue weighted by Crippen LogP contribution is 2.28. The molecule has 0 fully saturated rings. The van der Waals surface area contributed by atoms with Gasteiger partial charge in [0.05, 0.1) is 12.7 Å². The van der Waals surface area contributed by atoms with Crippen molar-refractivity contribution in [1.29, 1.82) is 0 Å². The zero-order valence-electron chi connectivity index (χ0n) is 11.0. The number of esters is 1. The first-order valence-electron chi connectivity index (χ1n) is 6.25. The van der Waals surface area contributed by atoms with Gasteiger partial charge in [-0.05, 0) is 23.8 Å². The van der Waals surface area contributed by atoms with Gasteiger partial charge in [-0.3, -0.25) is 0 Å². The van der Waals surface area contributed by atoms with Crippen molar-refractivity contribution < 1.29 is 9.53 Å². The number of carbonyl (C=O) groups excluding carboxylic acids is 1. The Morgan fingerprint density at radius 2 is 1.90 bits per heavy atom. The van der Waals surface area contributed by atoms with Gasteiger partial charge < -0.3 is 15.5 Å². The number of nitrogens with two attached hydrogens (primary N) is 1. The first-order valence-corrected chi connectivity index (χ1v) is 6.25. The van der Waals surface area contributed by atoms with E-state index in [0.717, 1.165) is 22.2 Å². The molecule has 1 heterocycles. The van der Waals surface area contributed by atoms with Gasteiger partial charge >= 0.3 is 5.97 Å². The van der Waals surface area contributed by atoms with Crippen LogP contribution in [0.3, 0.4) is 0 Å². The Bertz CT molecular complexity index is 776. The summed E-state index contributed by atoms with van der Waals surface area (Å²) in [4.78, 5) is 15.1. The molecule has 0 amide bonds. The zero-order valence-corrected chi connectivity index (χ0v) is 11.0. The summed E-state index contributed by atoms with van der Waals surface area (Å²) < 4.78 is 4.81. The predicted molar refractivity (Wildman–Crippen MR) is 79.5 cm³/mol. The molecule has 3 N–H and O–H groups in total. The minimum atomic E-state index is -0.388. The Hall–Kier alpha value is -2.75. The van der Waals surface area contributed by atoms with Gasteiger partial charge in [0.15, 0.2) is 0 Å². The largest absolute Gasteiger partial charge is 0.465 e. The molecule has 20 heavy (non-hydrogen) atoms. The maximum absolute atomic E-state index is 11.8. The van der Waals surface area contributed by atoms with Crippen LogP contribution in [0.2, 0.25) is 0 Å². The van der Waals surface area contributed by atoms with Crippen molar-refractivity contribution in [3.8, 4) is 11.3 Å². The molecule has 2 aromatic carbocycles. The number of carbonyl (C=O) groups is 1. The lowest BCUT2D eigenvalue weighted by Crippen LogP contribution is -2.02. The third-order valence-corrected chi connectivity index (χ3v) is 3.25. The number of rotatable bonds is 2. The van der Waals surface area contributed by atoms with E-state index in [1.807, 2.05) is 42.5 Å². The second-order valence-corrected chi connectivity index (χ2v) is 4.57. The highest BCUT2D eigenvalue weighted by atomic mass is 16.5. The Balaban J connectivity index is 2.23. The van der Waals surface area contributed by atoms with Crippen molar-refractivity contribution in [3.05, 3.63) is 54.1 Å². The lowest BCUT2D eigenvalue weighted by Gasteiger charge is -2.02. The fourth-order valence-electron chi connectivity index (χ4n) is 2.31. The number of ether oxygens (including phenoxy) is 1. The smallest absolute Gasteiger partial charge is 0.338 e. The van der Waals surface area contributed by atoms with E-state index in [0.29, 0.717) is 11.3 Å². The molecule has 0 saturated carbocycles. The minimum Gasteiger partial charge on any atom is -0.465 e. The van der Waals surface area contributed by atoms with Crippen LogP contribution in [-0.2, 0) is 4.74 Å². The molecule has 100 valence electrons. The van der Waals surface area contributed by atoms with E-state index in [9.17, 15) is 4.79 Å². The summed E-state index contributed by atoms with van der Waals surface area (Å²) in [6.45, 7) is 0. The lowest BCUT2D eigenvalue weighted by atomic mass is 10.1. The van der Waals surface area contributed by atoms with Gasteiger partial charge in [0, 0.05) is 22.3 Å². The molecule has 0 spiro atoms. The van der Waals surface area contributed by atoms with Crippen LogP contribution in [-0.4, -0.2) is 18.1 Å². The van der Waals surface area contributed by atoms with E-state index < -0.39 is 0 Å². The molecule has 4 heteroatoms. The van der Waals surface area contributed by atoms with Crippen LogP contribution in [0, 0.1) is 0 Å². The van der Waals surface area contributed by atoms with Gasteiger partial charge in [-0.1, -0.05) is 30.3 Å². The normalized spacial score (nSPS) is 10.7.